The molecule has 31 heavy (non-hydrogen) atoms. The van der Waals surface area contributed by atoms with Crippen LogP contribution in [0.25, 0.3) is 0 Å². The van der Waals surface area contributed by atoms with Gasteiger partial charge < -0.3 is 9.47 Å². The average Bonchev–Trinajstić information content (AvgIpc) is 3.00. The van der Waals surface area contributed by atoms with Crippen LogP contribution in [0.3, 0.4) is 0 Å². The lowest BCUT2D eigenvalue weighted by atomic mass is 9.97. The molecule has 1 aromatic carbocycles. The van der Waals surface area contributed by atoms with Crippen molar-refractivity contribution in [2.24, 2.45) is 0 Å². The minimum Gasteiger partial charge on any atom is -0.340 e. The SMILES string of the molecule is Cc1ccccc1N(CC(=O)N1CCCC(c2nnc3n2CCCCC3)C1)S(C)(=O)=O. The molecular weight excluding hydrogens is 414 g/mol. The van der Waals surface area contributed by atoms with Gasteiger partial charge in [-0.25, -0.2) is 8.42 Å². The molecule has 1 amide bonds. The molecule has 0 saturated carbocycles. The van der Waals surface area contributed by atoms with Crippen molar-refractivity contribution in [1.29, 1.82) is 0 Å². The normalized spacial score (nSPS) is 19.5. The van der Waals surface area contributed by atoms with Gasteiger partial charge in [-0.05, 0) is 44.2 Å². The summed E-state index contributed by atoms with van der Waals surface area (Å²) < 4.78 is 28.4. The monoisotopic (exact) mass is 445 g/mol. The summed E-state index contributed by atoms with van der Waals surface area (Å²) in [5.41, 5.74) is 1.37. The van der Waals surface area contributed by atoms with E-state index in [0.717, 1.165) is 62.1 Å². The van der Waals surface area contributed by atoms with Crippen molar-refractivity contribution in [2.45, 2.75) is 57.9 Å². The van der Waals surface area contributed by atoms with E-state index >= 15 is 0 Å². The third kappa shape index (κ3) is 4.76. The molecule has 1 saturated heterocycles. The van der Waals surface area contributed by atoms with Crippen LogP contribution in [0, 0.1) is 6.92 Å². The summed E-state index contributed by atoms with van der Waals surface area (Å²) in [6.07, 6.45) is 7.44. The van der Waals surface area contributed by atoms with Crippen molar-refractivity contribution in [3.8, 4) is 0 Å². The Morgan fingerprint density at radius 1 is 1.13 bits per heavy atom. The number of anilines is 1. The molecule has 3 heterocycles. The van der Waals surface area contributed by atoms with E-state index in [2.05, 4.69) is 14.8 Å². The van der Waals surface area contributed by atoms with Crippen LogP contribution in [-0.2, 0) is 27.8 Å². The molecule has 0 radical (unpaired) electrons. The molecule has 1 atom stereocenters. The van der Waals surface area contributed by atoms with Crippen LogP contribution in [0.4, 0.5) is 5.69 Å². The Hall–Kier alpha value is -2.42. The fourth-order valence-electron chi connectivity index (χ4n) is 4.67. The first-order chi connectivity index (χ1) is 14.8. The number of nitrogens with zero attached hydrogens (tertiary/aromatic N) is 5. The number of benzene rings is 1. The molecule has 1 aromatic heterocycles. The number of carbonyl (C=O) groups is 1. The van der Waals surface area contributed by atoms with E-state index in [1.165, 1.54) is 10.7 Å². The Bertz CT molecular complexity index is 1050. The number of fused-ring (bicyclic) bond motifs is 1. The fourth-order valence-corrected chi connectivity index (χ4v) is 5.58. The Balaban J connectivity index is 1.51. The van der Waals surface area contributed by atoms with Gasteiger partial charge in [0.25, 0.3) is 0 Å². The highest BCUT2D eigenvalue weighted by Gasteiger charge is 2.31. The molecule has 8 nitrogen and oxygen atoms in total. The van der Waals surface area contributed by atoms with E-state index in [1.54, 1.807) is 17.0 Å². The Morgan fingerprint density at radius 2 is 1.94 bits per heavy atom. The summed E-state index contributed by atoms with van der Waals surface area (Å²) in [4.78, 5) is 15.0. The summed E-state index contributed by atoms with van der Waals surface area (Å²) in [5.74, 6) is 2.00. The third-order valence-electron chi connectivity index (χ3n) is 6.34. The van der Waals surface area contributed by atoms with Crippen LogP contribution in [0.2, 0.25) is 0 Å². The zero-order chi connectivity index (χ0) is 22.0. The maximum atomic E-state index is 13.2. The van der Waals surface area contributed by atoms with E-state index in [0.29, 0.717) is 18.8 Å². The van der Waals surface area contributed by atoms with E-state index < -0.39 is 10.0 Å². The first-order valence-electron chi connectivity index (χ1n) is 11.1. The summed E-state index contributed by atoms with van der Waals surface area (Å²) >= 11 is 0. The molecule has 0 N–H and O–H groups in total. The van der Waals surface area contributed by atoms with Gasteiger partial charge in [0.15, 0.2) is 0 Å². The van der Waals surface area contributed by atoms with E-state index in [4.69, 9.17) is 0 Å². The highest BCUT2D eigenvalue weighted by molar-refractivity contribution is 7.92. The number of para-hydroxylation sites is 1. The van der Waals surface area contributed by atoms with Gasteiger partial charge in [-0.2, -0.15) is 0 Å². The van der Waals surface area contributed by atoms with Crippen molar-refractivity contribution in [3.05, 3.63) is 41.5 Å². The van der Waals surface area contributed by atoms with Gasteiger partial charge in [-0.1, -0.05) is 24.6 Å². The van der Waals surface area contributed by atoms with Crippen molar-refractivity contribution in [3.63, 3.8) is 0 Å². The number of aromatic nitrogens is 3. The maximum Gasteiger partial charge on any atom is 0.243 e. The highest BCUT2D eigenvalue weighted by Crippen LogP contribution is 2.29. The lowest BCUT2D eigenvalue weighted by molar-refractivity contribution is -0.130. The zero-order valence-electron chi connectivity index (χ0n) is 18.3. The van der Waals surface area contributed by atoms with Crippen LogP contribution < -0.4 is 4.31 Å². The molecular formula is C22H31N5O3S. The molecule has 4 rings (SSSR count). The predicted molar refractivity (Wildman–Crippen MR) is 120 cm³/mol. The second-order valence-electron chi connectivity index (χ2n) is 8.67. The quantitative estimate of drug-likeness (QED) is 0.706. The van der Waals surface area contributed by atoms with Crippen LogP contribution in [0.1, 0.15) is 55.2 Å². The second-order valence-corrected chi connectivity index (χ2v) is 10.6. The first kappa shape index (κ1) is 21.8. The Labute approximate surface area is 184 Å². The Morgan fingerprint density at radius 3 is 2.71 bits per heavy atom. The van der Waals surface area contributed by atoms with Crippen LogP contribution in [0.15, 0.2) is 24.3 Å². The van der Waals surface area contributed by atoms with Gasteiger partial charge >= 0.3 is 0 Å². The van der Waals surface area contributed by atoms with Crippen molar-refractivity contribution < 1.29 is 13.2 Å². The predicted octanol–water partition coefficient (Wildman–Crippen LogP) is 2.49. The fraction of sp³-hybridized carbons (Fsp3) is 0.591. The average molecular weight is 446 g/mol. The van der Waals surface area contributed by atoms with Gasteiger partial charge in [-0.3, -0.25) is 9.10 Å². The largest absolute Gasteiger partial charge is 0.340 e. The number of likely N-dealkylation sites (tertiary alicyclic amines) is 1. The maximum absolute atomic E-state index is 13.2. The topological polar surface area (TPSA) is 88.4 Å². The number of sulfonamides is 1. The van der Waals surface area contributed by atoms with E-state index in [9.17, 15) is 13.2 Å². The summed E-state index contributed by atoms with van der Waals surface area (Å²) in [6.45, 7) is 3.81. The molecule has 1 fully saturated rings. The number of piperidine rings is 1. The molecule has 1 unspecified atom stereocenters. The van der Waals surface area contributed by atoms with Crippen molar-refractivity contribution in [2.75, 3.05) is 30.2 Å². The summed E-state index contributed by atoms with van der Waals surface area (Å²) in [7, 11) is -3.59. The summed E-state index contributed by atoms with van der Waals surface area (Å²) in [5, 5.41) is 8.90. The van der Waals surface area contributed by atoms with Gasteiger partial charge in [0.1, 0.15) is 18.2 Å². The lowest BCUT2D eigenvalue weighted by Crippen LogP contribution is -2.46. The smallest absolute Gasteiger partial charge is 0.243 e. The van der Waals surface area contributed by atoms with Crippen LogP contribution >= 0.6 is 0 Å². The van der Waals surface area contributed by atoms with Gasteiger partial charge in [-0.15, -0.1) is 10.2 Å². The molecule has 0 bridgehead atoms. The molecule has 2 aromatic rings. The van der Waals surface area contributed by atoms with Gasteiger partial charge in [0.2, 0.25) is 15.9 Å². The molecule has 0 spiro atoms. The zero-order valence-corrected chi connectivity index (χ0v) is 19.1. The number of hydrogen-bond donors (Lipinski definition) is 0. The minimum absolute atomic E-state index is 0.141. The number of hydrogen-bond acceptors (Lipinski definition) is 5. The van der Waals surface area contributed by atoms with Crippen LogP contribution in [-0.4, -0.2) is 59.9 Å². The van der Waals surface area contributed by atoms with Crippen molar-refractivity contribution >= 4 is 21.6 Å². The molecule has 2 aliphatic rings. The number of amides is 1. The van der Waals surface area contributed by atoms with Crippen LogP contribution in [0.5, 0.6) is 0 Å². The van der Waals surface area contributed by atoms with Gasteiger partial charge in [0, 0.05) is 32.0 Å². The van der Waals surface area contributed by atoms with Gasteiger partial charge in [0.05, 0.1) is 11.9 Å². The number of rotatable bonds is 5. The first-order valence-corrected chi connectivity index (χ1v) is 12.9. The van der Waals surface area contributed by atoms with E-state index in [1.807, 2.05) is 19.1 Å². The Kier molecular flexibility index (Phi) is 6.31. The molecule has 0 aliphatic carbocycles. The molecule has 168 valence electrons. The number of aryl methyl sites for hydroxylation is 2. The second kappa shape index (κ2) is 8.98. The summed E-state index contributed by atoms with van der Waals surface area (Å²) in [6, 6.07) is 7.25. The third-order valence-corrected chi connectivity index (χ3v) is 7.47. The van der Waals surface area contributed by atoms with Crippen molar-refractivity contribution in [1.82, 2.24) is 19.7 Å². The standard InChI is InChI=1S/C22H31N5O3S/c1-17-9-5-6-11-19(17)27(31(2,29)30)16-21(28)25-13-8-10-18(15-25)22-24-23-20-12-4-3-7-14-26(20)22/h5-6,9,11,18H,3-4,7-8,10,12-16H2,1-2H3. The molecule has 9 heteroatoms. The minimum atomic E-state index is -3.59. The molecule has 2 aliphatic heterocycles. The number of carbonyl (C=O) groups excluding carboxylic acids is 1. The highest BCUT2D eigenvalue weighted by atomic mass is 32.2. The van der Waals surface area contributed by atoms with E-state index in [-0.39, 0.29) is 18.4 Å². The lowest BCUT2D eigenvalue weighted by Gasteiger charge is -2.34.